The number of nitrogens with zero attached hydrogens (tertiary/aromatic N) is 3. The number of para-hydroxylation sites is 1. The Kier molecular flexibility index (Phi) is 9.67. The lowest BCUT2D eigenvalue weighted by atomic mass is 10.2. The van der Waals surface area contributed by atoms with Crippen LogP contribution in [-0.2, 0) is 14.8 Å². The third kappa shape index (κ3) is 6.63. The van der Waals surface area contributed by atoms with Gasteiger partial charge in [-0.1, -0.05) is 29.8 Å². The first-order valence-electron chi connectivity index (χ1n) is 13.2. The molecule has 0 saturated heterocycles. The summed E-state index contributed by atoms with van der Waals surface area (Å²) >= 11 is 6.23. The van der Waals surface area contributed by atoms with Crippen LogP contribution in [0.15, 0.2) is 76.7 Å². The number of hydrazone groups is 1. The maximum Gasteiger partial charge on any atom is 0.265 e. The van der Waals surface area contributed by atoms with Crippen LogP contribution in [0.3, 0.4) is 0 Å². The summed E-state index contributed by atoms with van der Waals surface area (Å²) in [5, 5.41) is 4.39. The fraction of sp³-hybridized carbons (Fsp3) is 0.226. The van der Waals surface area contributed by atoms with Crippen LogP contribution in [-0.4, -0.2) is 53.0 Å². The standard InChI is InChI=1S/C31H33ClN4O6S/c1-20-9-7-8-10-26(20)36-21(2)15-23(22(36)3)18-33-34-31(37)19-35(27-16-24(32)11-13-28(27)40-4)43(38,39)25-12-14-29(41-5)30(17-25)42-6/h7-18H,19H2,1-6H3,(H,34,37)/b33-18+. The van der Waals surface area contributed by atoms with Gasteiger partial charge in [-0.05, 0) is 68.8 Å². The van der Waals surface area contributed by atoms with Crippen molar-refractivity contribution in [1.29, 1.82) is 0 Å². The van der Waals surface area contributed by atoms with E-state index in [0.717, 1.165) is 32.5 Å². The van der Waals surface area contributed by atoms with E-state index in [2.05, 4.69) is 15.1 Å². The topological polar surface area (TPSA) is 111 Å². The number of rotatable bonds is 11. The molecule has 1 aromatic heterocycles. The number of ether oxygens (including phenoxy) is 3. The van der Waals surface area contributed by atoms with E-state index in [9.17, 15) is 13.2 Å². The number of anilines is 1. The summed E-state index contributed by atoms with van der Waals surface area (Å²) in [6.07, 6.45) is 1.53. The molecule has 0 bridgehead atoms. The lowest BCUT2D eigenvalue weighted by molar-refractivity contribution is -0.119. The Morgan fingerprint density at radius 1 is 0.930 bits per heavy atom. The molecule has 3 aromatic carbocycles. The summed E-state index contributed by atoms with van der Waals surface area (Å²) < 4.78 is 46.9. The van der Waals surface area contributed by atoms with Crippen molar-refractivity contribution in [2.75, 3.05) is 32.2 Å². The molecule has 0 radical (unpaired) electrons. The van der Waals surface area contributed by atoms with Gasteiger partial charge in [0.25, 0.3) is 15.9 Å². The summed E-state index contributed by atoms with van der Waals surface area (Å²) in [5.74, 6) is 0.0737. The minimum absolute atomic E-state index is 0.0747. The quantitative estimate of drug-likeness (QED) is 0.176. The zero-order chi connectivity index (χ0) is 31.3. The van der Waals surface area contributed by atoms with Crippen LogP contribution in [0.4, 0.5) is 5.69 Å². The van der Waals surface area contributed by atoms with E-state index in [1.165, 1.54) is 57.9 Å². The molecule has 0 fully saturated rings. The highest BCUT2D eigenvalue weighted by molar-refractivity contribution is 7.92. The van der Waals surface area contributed by atoms with Gasteiger partial charge in [-0.25, -0.2) is 13.8 Å². The van der Waals surface area contributed by atoms with Crippen molar-refractivity contribution < 1.29 is 27.4 Å². The van der Waals surface area contributed by atoms with Crippen LogP contribution in [0.1, 0.15) is 22.5 Å². The molecule has 10 nitrogen and oxygen atoms in total. The number of nitrogens with one attached hydrogen (secondary N) is 1. The van der Waals surface area contributed by atoms with Crippen molar-refractivity contribution in [3.63, 3.8) is 0 Å². The molecule has 1 amide bonds. The van der Waals surface area contributed by atoms with E-state index < -0.39 is 22.5 Å². The fourth-order valence-electron chi connectivity index (χ4n) is 4.70. The number of aryl methyl sites for hydroxylation is 2. The third-order valence-electron chi connectivity index (χ3n) is 6.86. The van der Waals surface area contributed by atoms with E-state index in [-0.39, 0.29) is 27.1 Å². The van der Waals surface area contributed by atoms with Gasteiger partial charge in [-0.2, -0.15) is 5.10 Å². The van der Waals surface area contributed by atoms with Gasteiger partial charge in [0.05, 0.1) is 38.1 Å². The number of hydrogen-bond acceptors (Lipinski definition) is 7. The first-order valence-corrected chi connectivity index (χ1v) is 15.0. The first kappa shape index (κ1) is 31.5. The van der Waals surface area contributed by atoms with Crippen LogP contribution in [0.2, 0.25) is 5.02 Å². The molecule has 1 heterocycles. The van der Waals surface area contributed by atoms with E-state index in [0.29, 0.717) is 5.75 Å². The molecule has 0 aliphatic carbocycles. The molecule has 0 spiro atoms. The minimum atomic E-state index is -4.33. The molecule has 0 atom stereocenters. The second-order valence-corrected chi connectivity index (χ2v) is 11.9. The van der Waals surface area contributed by atoms with Crippen molar-refractivity contribution in [2.45, 2.75) is 25.7 Å². The van der Waals surface area contributed by atoms with Crippen LogP contribution in [0.5, 0.6) is 17.2 Å². The van der Waals surface area contributed by atoms with E-state index in [1.54, 1.807) is 6.07 Å². The molecule has 4 rings (SSSR count). The molecule has 226 valence electrons. The number of sulfonamides is 1. The number of methoxy groups -OCH3 is 3. The van der Waals surface area contributed by atoms with E-state index in [1.807, 2.05) is 51.1 Å². The van der Waals surface area contributed by atoms with E-state index in [4.69, 9.17) is 25.8 Å². The second kappa shape index (κ2) is 13.2. The van der Waals surface area contributed by atoms with Gasteiger partial charge < -0.3 is 18.8 Å². The number of aromatic nitrogens is 1. The predicted octanol–water partition coefficient (Wildman–Crippen LogP) is 5.43. The van der Waals surface area contributed by atoms with Crippen LogP contribution < -0.4 is 23.9 Å². The smallest absolute Gasteiger partial charge is 0.265 e. The van der Waals surface area contributed by atoms with Crippen molar-refractivity contribution in [2.24, 2.45) is 5.10 Å². The van der Waals surface area contributed by atoms with Gasteiger partial charge in [0.15, 0.2) is 11.5 Å². The summed E-state index contributed by atoms with van der Waals surface area (Å²) in [5.41, 5.74) is 7.43. The van der Waals surface area contributed by atoms with Crippen LogP contribution >= 0.6 is 11.6 Å². The van der Waals surface area contributed by atoms with E-state index >= 15 is 0 Å². The Labute approximate surface area is 256 Å². The molecule has 4 aromatic rings. The largest absolute Gasteiger partial charge is 0.495 e. The molecule has 0 aliphatic rings. The number of hydrogen-bond donors (Lipinski definition) is 1. The Hall–Kier alpha value is -4.48. The van der Waals surface area contributed by atoms with Crippen LogP contribution in [0, 0.1) is 20.8 Å². The highest BCUT2D eigenvalue weighted by atomic mass is 35.5. The van der Waals surface area contributed by atoms with Gasteiger partial charge in [0.2, 0.25) is 0 Å². The van der Waals surface area contributed by atoms with Gasteiger partial charge in [-0.3, -0.25) is 9.10 Å². The zero-order valence-corrected chi connectivity index (χ0v) is 26.3. The monoisotopic (exact) mass is 624 g/mol. The number of amides is 1. The highest BCUT2D eigenvalue weighted by Gasteiger charge is 2.30. The zero-order valence-electron chi connectivity index (χ0n) is 24.7. The van der Waals surface area contributed by atoms with Crippen molar-refractivity contribution in [1.82, 2.24) is 9.99 Å². The lowest BCUT2D eigenvalue weighted by Crippen LogP contribution is -2.39. The summed E-state index contributed by atoms with van der Waals surface area (Å²) in [7, 11) is -0.0958. The van der Waals surface area contributed by atoms with Gasteiger partial charge in [-0.15, -0.1) is 0 Å². The lowest BCUT2D eigenvalue weighted by Gasteiger charge is -2.25. The minimum Gasteiger partial charge on any atom is -0.495 e. The molecule has 0 unspecified atom stereocenters. The normalized spacial score (nSPS) is 11.4. The Morgan fingerprint density at radius 3 is 2.28 bits per heavy atom. The van der Waals surface area contributed by atoms with Gasteiger partial charge in [0, 0.05) is 33.7 Å². The predicted molar refractivity (Wildman–Crippen MR) is 168 cm³/mol. The Morgan fingerprint density at radius 2 is 1.60 bits per heavy atom. The third-order valence-corrected chi connectivity index (χ3v) is 8.85. The number of carbonyl (C=O) groups is 1. The Bertz CT molecular complexity index is 1790. The van der Waals surface area contributed by atoms with Crippen LogP contribution in [0.25, 0.3) is 5.69 Å². The summed E-state index contributed by atoms with van der Waals surface area (Å²) in [6, 6.07) is 18.6. The average Bonchev–Trinajstić information content (AvgIpc) is 3.27. The summed E-state index contributed by atoms with van der Waals surface area (Å²) in [4.78, 5) is 13.0. The molecular weight excluding hydrogens is 592 g/mol. The fourth-order valence-corrected chi connectivity index (χ4v) is 6.31. The first-order chi connectivity index (χ1) is 20.5. The van der Waals surface area contributed by atoms with Crippen molar-refractivity contribution >= 4 is 39.4 Å². The van der Waals surface area contributed by atoms with Crippen molar-refractivity contribution in [3.8, 4) is 22.9 Å². The maximum atomic E-state index is 14.0. The van der Waals surface area contributed by atoms with Crippen molar-refractivity contribution in [3.05, 3.63) is 94.3 Å². The van der Waals surface area contributed by atoms with Gasteiger partial charge >= 0.3 is 0 Å². The number of halogens is 1. The SMILES string of the molecule is COc1ccc(S(=O)(=O)N(CC(=O)N/N=C/c2cc(C)n(-c3ccccc3C)c2C)c2cc(Cl)ccc2OC)cc1OC. The average molecular weight is 625 g/mol. The summed E-state index contributed by atoms with van der Waals surface area (Å²) in [6.45, 7) is 5.38. The highest BCUT2D eigenvalue weighted by Crippen LogP contribution is 2.37. The molecule has 0 saturated carbocycles. The molecule has 12 heteroatoms. The Balaban J connectivity index is 1.65. The molecular formula is C31H33ClN4O6S. The number of benzene rings is 3. The number of carbonyl (C=O) groups excluding carboxylic acids is 1. The molecule has 0 aliphatic heterocycles. The second-order valence-electron chi connectivity index (χ2n) is 9.59. The van der Waals surface area contributed by atoms with Gasteiger partial charge in [0.1, 0.15) is 12.3 Å². The maximum absolute atomic E-state index is 14.0. The molecule has 1 N–H and O–H groups in total. The molecule has 43 heavy (non-hydrogen) atoms.